The molecular formula is C14H20N2O5. The van der Waals surface area contributed by atoms with Crippen LogP contribution in [0.4, 0.5) is 11.4 Å². The molecule has 0 aliphatic carbocycles. The summed E-state index contributed by atoms with van der Waals surface area (Å²) in [6, 6.07) is 4.17. The highest BCUT2D eigenvalue weighted by molar-refractivity contribution is 5.82. The first kappa shape index (κ1) is 16.7. The van der Waals surface area contributed by atoms with E-state index in [9.17, 15) is 20.0 Å². The lowest BCUT2D eigenvalue weighted by atomic mass is 9.98. The third-order valence-corrected chi connectivity index (χ3v) is 3.07. The number of benzene rings is 1. The van der Waals surface area contributed by atoms with Crippen LogP contribution < -0.4 is 10.1 Å². The van der Waals surface area contributed by atoms with Crippen molar-refractivity contribution < 1.29 is 19.6 Å². The van der Waals surface area contributed by atoms with E-state index in [0.29, 0.717) is 17.9 Å². The van der Waals surface area contributed by atoms with Crippen LogP contribution in [-0.2, 0) is 4.79 Å². The van der Waals surface area contributed by atoms with E-state index >= 15 is 0 Å². The number of nitrogens with one attached hydrogen (secondary N) is 1. The number of aliphatic carboxylic acids is 1. The molecule has 0 amide bonds. The number of carboxylic acid groups (broad SMARTS) is 1. The largest absolute Gasteiger partial charge is 0.491 e. The predicted octanol–water partition coefficient (Wildman–Crippen LogP) is 3.05. The minimum atomic E-state index is -1.20. The van der Waals surface area contributed by atoms with Gasteiger partial charge in [0.2, 0.25) is 0 Å². The summed E-state index contributed by atoms with van der Waals surface area (Å²) in [5.74, 6) is -0.701. The summed E-state index contributed by atoms with van der Waals surface area (Å²) < 4.78 is 5.46. The summed E-state index contributed by atoms with van der Waals surface area (Å²) >= 11 is 0. The smallest absolute Gasteiger partial charge is 0.329 e. The zero-order valence-corrected chi connectivity index (χ0v) is 12.5. The number of hydrogen-bond donors (Lipinski definition) is 2. The Kier molecular flexibility index (Phi) is 5.12. The first-order chi connectivity index (χ1) is 9.67. The Morgan fingerprint density at radius 1 is 1.48 bits per heavy atom. The van der Waals surface area contributed by atoms with Gasteiger partial charge < -0.3 is 15.2 Å². The topological polar surface area (TPSA) is 102 Å². The zero-order valence-electron chi connectivity index (χ0n) is 12.5. The molecule has 0 fully saturated rings. The van der Waals surface area contributed by atoms with Crippen LogP contribution in [0, 0.1) is 10.1 Å². The molecule has 0 saturated carbocycles. The Hall–Kier alpha value is -2.31. The highest BCUT2D eigenvalue weighted by Gasteiger charge is 2.31. The second kappa shape index (κ2) is 6.43. The van der Waals surface area contributed by atoms with Crippen LogP contribution in [0.25, 0.3) is 0 Å². The Labute approximate surface area is 123 Å². The van der Waals surface area contributed by atoms with E-state index in [2.05, 4.69) is 5.32 Å². The van der Waals surface area contributed by atoms with Crippen molar-refractivity contribution in [2.24, 2.45) is 0 Å². The van der Waals surface area contributed by atoms with Crippen LogP contribution in [0.15, 0.2) is 18.2 Å². The molecule has 1 rings (SSSR count). The third-order valence-electron chi connectivity index (χ3n) is 3.07. The lowest BCUT2D eigenvalue weighted by molar-refractivity contribution is -0.384. The molecule has 0 bridgehead atoms. The zero-order chi connectivity index (χ0) is 16.2. The van der Waals surface area contributed by atoms with Crippen LogP contribution in [0.5, 0.6) is 5.75 Å². The van der Waals surface area contributed by atoms with E-state index < -0.39 is 16.4 Å². The fourth-order valence-corrected chi connectivity index (χ4v) is 1.71. The van der Waals surface area contributed by atoms with Crippen molar-refractivity contribution in [2.45, 2.75) is 45.8 Å². The number of hydrogen-bond acceptors (Lipinski definition) is 5. The Bertz CT molecular complexity index is 544. The molecule has 0 aliphatic heterocycles. The summed E-state index contributed by atoms with van der Waals surface area (Å²) in [6.07, 6.45) is 0.183. The Morgan fingerprint density at radius 2 is 2.10 bits per heavy atom. The van der Waals surface area contributed by atoms with Crippen molar-refractivity contribution in [3.05, 3.63) is 28.3 Å². The molecule has 0 spiro atoms. The Morgan fingerprint density at radius 3 is 2.52 bits per heavy atom. The first-order valence-corrected chi connectivity index (χ1v) is 6.65. The van der Waals surface area contributed by atoms with Crippen molar-refractivity contribution in [1.82, 2.24) is 0 Å². The number of carbonyl (C=O) groups is 1. The number of non-ortho nitro benzene ring substituents is 1. The monoisotopic (exact) mass is 296 g/mol. The van der Waals surface area contributed by atoms with Gasteiger partial charge in [-0.25, -0.2) is 4.79 Å². The highest BCUT2D eigenvalue weighted by atomic mass is 16.6. The van der Waals surface area contributed by atoms with Gasteiger partial charge in [0.1, 0.15) is 11.3 Å². The van der Waals surface area contributed by atoms with Crippen LogP contribution in [0.3, 0.4) is 0 Å². The number of carboxylic acids is 1. The van der Waals surface area contributed by atoms with Gasteiger partial charge in [0.25, 0.3) is 5.69 Å². The van der Waals surface area contributed by atoms with E-state index in [0.717, 1.165) is 0 Å². The van der Waals surface area contributed by atoms with E-state index in [1.54, 1.807) is 26.8 Å². The van der Waals surface area contributed by atoms with Gasteiger partial charge in [0.15, 0.2) is 0 Å². The Balaban J connectivity index is 3.19. The summed E-state index contributed by atoms with van der Waals surface area (Å²) in [6.45, 7) is 6.86. The SMILES string of the molecule is CCC(C)(Nc1cc(OC(C)C)cc([N+](=O)[O-])c1)C(=O)O. The molecule has 1 aromatic carbocycles. The number of anilines is 1. The molecule has 1 unspecified atom stereocenters. The van der Waals surface area contributed by atoms with E-state index in [-0.39, 0.29) is 11.8 Å². The normalized spacial score (nSPS) is 13.6. The molecule has 7 nitrogen and oxygen atoms in total. The van der Waals surface area contributed by atoms with Crippen LogP contribution in [0.1, 0.15) is 34.1 Å². The summed E-state index contributed by atoms with van der Waals surface area (Å²) in [5, 5.41) is 23.1. The number of nitro groups is 1. The van der Waals surface area contributed by atoms with E-state index in [1.165, 1.54) is 19.1 Å². The van der Waals surface area contributed by atoms with Crippen molar-refractivity contribution in [3.63, 3.8) is 0 Å². The average molecular weight is 296 g/mol. The first-order valence-electron chi connectivity index (χ1n) is 6.65. The molecule has 0 radical (unpaired) electrons. The van der Waals surface area contributed by atoms with Crippen molar-refractivity contribution >= 4 is 17.3 Å². The van der Waals surface area contributed by atoms with Gasteiger partial charge in [-0.2, -0.15) is 0 Å². The highest BCUT2D eigenvalue weighted by Crippen LogP contribution is 2.29. The maximum Gasteiger partial charge on any atom is 0.329 e. The molecule has 2 N–H and O–H groups in total. The fraction of sp³-hybridized carbons (Fsp3) is 0.500. The van der Waals surface area contributed by atoms with Gasteiger partial charge in [-0.3, -0.25) is 10.1 Å². The fourth-order valence-electron chi connectivity index (χ4n) is 1.71. The summed E-state index contributed by atoms with van der Waals surface area (Å²) in [5.41, 5.74) is -1.02. The molecule has 0 aromatic heterocycles. The average Bonchev–Trinajstić information content (AvgIpc) is 2.37. The molecule has 0 heterocycles. The lowest BCUT2D eigenvalue weighted by Gasteiger charge is -2.26. The van der Waals surface area contributed by atoms with Gasteiger partial charge in [0.05, 0.1) is 17.1 Å². The van der Waals surface area contributed by atoms with Gasteiger partial charge in [-0.15, -0.1) is 0 Å². The van der Waals surface area contributed by atoms with E-state index in [4.69, 9.17) is 4.74 Å². The molecule has 1 aromatic rings. The maximum atomic E-state index is 11.3. The summed E-state index contributed by atoms with van der Waals surface area (Å²) in [4.78, 5) is 21.7. The maximum absolute atomic E-state index is 11.3. The second-order valence-electron chi connectivity index (χ2n) is 5.26. The predicted molar refractivity (Wildman–Crippen MR) is 78.8 cm³/mol. The minimum absolute atomic E-state index is 0.142. The number of nitro benzene ring substituents is 1. The number of nitrogens with zero attached hydrogens (tertiary/aromatic N) is 1. The number of rotatable bonds is 7. The van der Waals surface area contributed by atoms with Gasteiger partial charge in [-0.1, -0.05) is 6.92 Å². The van der Waals surface area contributed by atoms with Crippen molar-refractivity contribution in [3.8, 4) is 5.75 Å². The van der Waals surface area contributed by atoms with Gasteiger partial charge >= 0.3 is 5.97 Å². The van der Waals surface area contributed by atoms with E-state index in [1.807, 2.05) is 0 Å². The summed E-state index contributed by atoms with van der Waals surface area (Å²) in [7, 11) is 0. The molecule has 0 aliphatic rings. The molecular weight excluding hydrogens is 276 g/mol. The molecule has 7 heteroatoms. The molecule has 116 valence electrons. The van der Waals surface area contributed by atoms with Gasteiger partial charge in [0, 0.05) is 17.8 Å². The quantitative estimate of drug-likeness (QED) is 0.592. The van der Waals surface area contributed by atoms with Crippen molar-refractivity contribution in [1.29, 1.82) is 0 Å². The molecule has 1 atom stereocenters. The third kappa shape index (κ3) is 4.34. The van der Waals surface area contributed by atoms with Crippen molar-refractivity contribution in [2.75, 3.05) is 5.32 Å². The molecule has 0 saturated heterocycles. The van der Waals surface area contributed by atoms with Crippen LogP contribution in [-0.4, -0.2) is 27.6 Å². The standard InChI is InChI=1S/C14H20N2O5/c1-5-14(4,13(17)18)15-10-6-11(16(19)20)8-12(7-10)21-9(2)3/h6-9,15H,5H2,1-4H3,(H,17,18). The van der Waals surface area contributed by atoms with Crippen LogP contribution >= 0.6 is 0 Å². The van der Waals surface area contributed by atoms with Gasteiger partial charge in [-0.05, 0) is 27.2 Å². The second-order valence-corrected chi connectivity index (χ2v) is 5.26. The minimum Gasteiger partial charge on any atom is -0.491 e. The molecule has 21 heavy (non-hydrogen) atoms. The van der Waals surface area contributed by atoms with Crippen LogP contribution in [0.2, 0.25) is 0 Å². The number of ether oxygens (including phenoxy) is 1. The lowest BCUT2D eigenvalue weighted by Crippen LogP contribution is -2.42.